The first-order valence-corrected chi connectivity index (χ1v) is 6.90. The molecule has 0 spiro atoms. The normalized spacial score (nSPS) is 10.3. The number of benzene rings is 1. The van der Waals surface area contributed by atoms with Crippen LogP contribution in [-0.2, 0) is 5.75 Å². The number of rotatable bonds is 5. The van der Waals surface area contributed by atoms with Gasteiger partial charge in [-0.2, -0.15) is 0 Å². The van der Waals surface area contributed by atoms with Gasteiger partial charge in [0.25, 0.3) is 5.69 Å². The van der Waals surface area contributed by atoms with Gasteiger partial charge < -0.3 is 5.73 Å². The molecule has 2 rings (SSSR count). The van der Waals surface area contributed by atoms with E-state index in [4.69, 9.17) is 5.73 Å². The van der Waals surface area contributed by atoms with Crippen molar-refractivity contribution in [3.8, 4) is 0 Å². The largest absolute Gasteiger partial charge is 0.366 e. The van der Waals surface area contributed by atoms with Gasteiger partial charge in [-0.05, 0) is 6.07 Å². The molecule has 0 saturated carbocycles. The standard InChI is InChI=1S/C10H8N4O3S2/c11-9(15)6-1-2-7(8(3-6)14(16)17)4-18-10-13-12-5-19-10/h1-3,5H,4H2,(H2,11,15). The van der Waals surface area contributed by atoms with Crippen molar-refractivity contribution in [1.82, 2.24) is 10.2 Å². The SMILES string of the molecule is NC(=O)c1ccc(CSc2nncs2)c([N+](=O)[O-])c1. The molecular weight excluding hydrogens is 288 g/mol. The third kappa shape index (κ3) is 3.26. The monoisotopic (exact) mass is 296 g/mol. The molecule has 0 fully saturated rings. The molecule has 7 nitrogen and oxygen atoms in total. The third-order valence-electron chi connectivity index (χ3n) is 2.26. The Bertz CT molecular complexity index is 615. The summed E-state index contributed by atoms with van der Waals surface area (Å²) >= 11 is 2.71. The minimum absolute atomic E-state index is 0.117. The Hall–Kier alpha value is -2.00. The number of hydrogen-bond donors (Lipinski definition) is 1. The second-order valence-electron chi connectivity index (χ2n) is 3.46. The van der Waals surface area contributed by atoms with Crippen LogP contribution in [-0.4, -0.2) is 21.0 Å². The van der Waals surface area contributed by atoms with Crippen LogP contribution in [0.2, 0.25) is 0 Å². The fraction of sp³-hybridized carbons (Fsp3) is 0.100. The number of carbonyl (C=O) groups excluding carboxylic acids is 1. The highest BCUT2D eigenvalue weighted by Gasteiger charge is 2.16. The van der Waals surface area contributed by atoms with Crippen molar-refractivity contribution in [2.45, 2.75) is 10.1 Å². The smallest absolute Gasteiger partial charge is 0.274 e. The highest BCUT2D eigenvalue weighted by atomic mass is 32.2. The highest BCUT2D eigenvalue weighted by Crippen LogP contribution is 2.29. The number of nitrogens with zero attached hydrogens (tertiary/aromatic N) is 3. The zero-order chi connectivity index (χ0) is 13.8. The maximum Gasteiger partial charge on any atom is 0.274 e. The maximum absolute atomic E-state index is 11.0. The zero-order valence-electron chi connectivity index (χ0n) is 9.48. The second kappa shape index (κ2) is 5.76. The van der Waals surface area contributed by atoms with Crippen LogP contribution in [0.3, 0.4) is 0 Å². The van der Waals surface area contributed by atoms with Crippen LogP contribution in [0.25, 0.3) is 0 Å². The lowest BCUT2D eigenvalue weighted by Crippen LogP contribution is -2.11. The van der Waals surface area contributed by atoms with Crippen molar-refractivity contribution in [3.05, 3.63) is 45.0 Å². The Balaban J connectivity index is 2.24. The molecule has 1 heterocycles. The van der Waals surface area contributed by atoms with E-state index in [9.17, 15) is 14.9 Å². The van der Waals surface area contributed by atoms with Gasteiger partial charge in [-0.25, -0.2) is 0 Å². The number of hydrogen-bond acceptors (Lipinski definition) is 7. The lowest BCUT2D eigenvalue weighted by atomic mass is 10.1. The van der Waals surface area contributed by atoms with Crippen molar-refractivity contribution >= 4 is 34.7 Å². The van der Waals surface area contributed by atoms with Gasteiger partial charge >= 0.3 is 0 Å². The van der Waals surface area contributed by atoms with E-state index in [1.165, 1.54) is 41.3 Å². The van der Waals surface area contributed by atoms with Crippen molar-refractivity contribution in [2.24, 2.45) is 5.73 Å². The summed E-state index contributed by atoms with van der Waals surface area (Å²) in [5.41, 5.74) is 7.20. The van der Waals surface area contributed by atoms with Crippen LogP contribution in [0, 0.1) is 10.1 Å². The van der Waals surface area contributed by atoms with E-state index in [-0.39, 0.29) is 11.3 Å². The highest BCUT2D eigenvalue weighted by molar-refractivity contribution is 8.00. The molecule has 0 atom stereocenters. The van der Waals surface area contributed by atoms with Crippen LogP contribution >= 0.6 is 23.1 Å². The number of amides is 1. The Kier molecular flexibility index (Phi) is 4.07. The first-order valence-electron chi connectivity index (χ1n) is 5.04. The fourth-order valence-electron chi connectivity index (χ4n) is 1.37. The van der Waals surface area contributed by atoms with Crippen molar-refractivity contribution in [1.29, 1.82) is 0 Å². The third-order valence-corrected chi connectivity index (χ3v) is 4.17. The van der Waals surface area contributed by atoms with Crippen molar-refractivity contribution in [2.75, 3.05) is 0 Å². The van der Waals surface area contributed by atoms with Crippen molar-refractivity contribution in [3.63, 3.8) is 0 Å². The molecule has 2 N–H and O–H groups in total. The summed E-state index contributed by atoms with van der Waals surface area (Å²) in [4.78, 5) is 21.5. The summed E-state index contributed by atoms with van der Waals surface area (Å²) in [7, 11) is 0. The van der Waals surface area contributed by atoms with Gasteiger partial charge in [-0.15, -0.1) is 10.2 Å². The molecule has 19 heavy (non-hydrogen) atoms. The van der Waals surface area contributed by atoms with E-state index in [0.29, 0.717) is 11.3 Å². The molecule has 1 aromatic carbocycles. The van der Waals surface area contributed by atoms with Gasteiger partial charge in [0.1, 0.15) is 5.51 Å². The summed E-state index contributed by atoms with van der Waals surface area (Å²) in [5.74, 6) is -0.309. The number of thioether (sulfide) groups is 1. The summed E-state index contributed by atoms with van der Waals surface area (Å²) < 4.78 is 0.730. The summed E-state index contributed by atoms with van der Waals surface area (Å²) in [5, 5.41) is 18.5. The van der Waals surface area contributed by atoms with Gasteiger partial charge in [-0.1, -0.05) is 29.2 Å². The van der Waals surface area contributed by atoms with E-state index in [0.717, 1.165) is 4.34 Å². The van der Waals surface area contributed by atoms with Gasteiger partial charge in [0.2, 0.25) is 5.91 Å². The molecule has 0 aliphatic carbocycles. The molecule has 98 valence electrons. The molecule has 9 heteroatoms. The lowest BCUT2D eigenvalue weighted by Gasteiger charge is -2.03. The van der Waals surface area contributed by atoms with E-state index >= 15 is 0 Å². The topological polar surface area (TPSA) is 112 Å². The Labute approximate surface area is 116 Å². The molecule has 0 bridgehead atoms. The summed E-state index contributed by atoms with van der Waals surface area (Å²) in [6.45, 7) is 0. The average Bonchev–Trinajstić information content (AvgIpc) is 2.89. The molecular formula is C10H8N4O3S2. The molecule has 0 aliphatic heterocycles. The molecule has 0 radical (unpaired) electrons. The maximum atomic E-state index is 11.0. The number of nitro benzene ring substituents is 1. The molecule has 1 amide bonds. The van der Waals surface area contributed by atoms with Crippen LogP contribution in [0.5, 0.6) is 0 Å². The second-order valence-corrected chi connectivity index (χ2v) is 5.51. The summed E-state index contributed by atoms with van der Waals surface area (Å²) in [6.07, 6.45) is 0. The first kappa shape index (κ1) is 13.4. The van der Waals surface area contributed by atoms with Gasteiger partial charge in [0, 0.05) is 22.9 Å². The molecule has 0 unspecified atom stereocenters. The van der Waals surface area contributed by atoms with Crippen molar-refractivity contribution < 1.29 is 9.72 Å². The van der Waals surface area contributed by atoms with Gasteiger partial charge in [0.05, 0.1) is 4.92 Å². The first-order chi connectivity index (χ1) is 9.08. The van der Waals surface area contributed by atoms with Crippen LogP contribution in [0.1, 0.15) is 15.9 Å². The van der Waals surface area contributed by atoms with E-state index in [1.54, 1.807) is 5.51 Å². The van der Waals surface area contributed by atoms with Gasteiger partial charge in [-0.3, -0.25) is 14.9 Å². The van der Waals surface area contributed by atoms with Crippen LogP contribution < -0.4 is 5.73 Å². The number of nitrogens with two attached hydrogens (primary N) is 1. The molecule has 2 aromatic rings. The minimum atomic E-state index is -0.688. The zero-order valence-corrected chi connectivity index (χ0v) is 11.1. The van der Waals surface area contributed by atoms with Gasteiger partial charge in [0.15, 0.2) is 4.34 Å². The predicted molar refractivity (Wildman–Crippen MR) is 71.1 cm³/mol. The van der Waals surface area contributed by atoms with E-state index < -0.39 is 10.8 Å². The quantitative estimate of drug-likeness (QED) is 0.512. The Morgan fingerprint density at radius 2 is 2.32 bits per heavy atom. The van der Waals surface area contributed by atoms with E-state index in [1.807, 2.05) is 0 Å². The van der Waals surface area contributed by atoms with Crippen LogP contribution in [0.4, 0.5) is 5.69 Å². The number of aromatic nitrogens is 2. The predicted octanol–water partition coefficient (Wildman–Crippen LogP) is 1.84. The summed E-state index contributed by atoms with van der Waals surface area (Å²) in [6, 6.07) is 4.20. The molecule has 0 aliphatic rings. The molecule has 1 aromatic heterocycles. The Morgan fingerprint density at radius 1 is 1.53 bits per heavy atom. The number of carbonyl (C=O) groups is 1. The lowest BCUT2D eigenvalue weighted by molar-refractivity contribution is -0.385. The average molecular weight is 296 g/mol. The van der Waals surface area contributed by atoms with E-state index in [2.05, 4.69) is 10.2 Å². The fourth-order valence-corrected chi connectivity index (χ4v) is 2.86. The Morgan fingerprint density at radius 3 is 2.89 bits per heavy atom. The number of nitro groups is 1. The minimum Gasteiger partial charge on any atom is -0.366 e. The molecule has 0 saturated heterocycles. The van der Waals surface area contributed by atoms with Crippen LogP contribution in [0.15, 0.2) is 28.0 Å². The number of primary amides is 1.